The SMILES string of the molecule is O=C1NC(=O)C(c2cn(CC(O)CN3CCOCC3)c3c(OCc4ccccc4)cccc23)=C1c1c[nH]c2ccccc12. The first kappa shape index (κ1) is 27.2. The van der Waals surface area contributed by atoms with Crippen molar-refractivity contribution in [1.29, 1.82) is 0 Å². The summed E-state index contributed by atoms with van der Waals surface area (Å²) < 4.78 is 13.8. The van der Waals surface area contributed by atoms with Gasteiger partial charge in [0.2, 0.25) is 0 Å². The van der Waals surface area contributed by atoms with E-state index in [1.807, 2.05) is 83.6 Å². The molecule has 1 saturated heterocycles. The van der Waals surface area contributed by atoms with Crippen molar-refractivity contribution in [2.75, 3.05) is 32.8 Å². The number of carbonyl (C=O) groups is 2. The Morgan fingerprint density at radius 2 is 1.56 bits per heavy atom. The topological polar surface area (TPSA) is 109 Å². The van der Waals surface area contributed by atoms with Crippen molar-refractivity contribution in [3.05, 3.63) is 102 Å². The third-order valence-electron chi connectivity index (χ3n) is 8.14. The number of imide groups is 1. The van der Waals surface area contributed by atoms with Crippen LogP contribution < -0.4 is 10.1 Å². The van der Waals surface area contributed by atoms with Gasteiger partial charge in [0.15, 0.2) is 0 Å². The Morgan fingerprint density at radius 1 is 0.837 bits per heavy atom. The van der Waals surface area contributed by atoms with E-state index in [4.69, 9.17) is 9.47 Å². The Morgan fingerprint density at radius 3 is 2.37 bits per heavy atom. The molecule has 1 unspecified atom stereocenters. The molecular formula is C34H32N4O5. The van der Waals surface area contributed by atoms with E-state index < -0.39 is 17.9 Å². The summed E-state index contributed by atoms with van der Waals surface area (Å²) in [6, 6.07) is 23.3. The molecule has 218 valence electrons. The number of benzene rings is 3. The van der Waals surface area contributed by atoms with Gasteiger partial charge in [-0.05, 0) is 17.7 Å². The van der Waals surface area contributed by atoms with Crippen LogP contribution in [-0.2, 0) is 27.5 Å². The first-order valence-corrected chi connectivity index (χ1v) is 14.5. The van der Waals surface area contributed by atoms with Gasteiger partial charge in [0.25, 0.3) is 11.8 Å². The number of para-hydroxylation sites is 2. The molecular weight excluding hydrogens is 544 g/mol. The summed E-state index contributed by atoms with van der Waals surface area (Å²) in [5.41, 5.74) is 4.57. The minimum atomic E-state index is -0.676. The molecule has 1 atom stereocenters. The number of aromatic nitrogens is 2. The van der Waals surface area contributed by atoms with Crippen LogP contribution in [0.15, 0.2) is 85.2 Å². The lowest BCUT2D eigenvalue weighted by atomic mass is 9.95. The number of β-amino-alcohol motifs (C(OH)–C–C–N with tert-alkyl or cyclic N) is 1. The standard InChI is InChI=1S/C34H32N4O5/c39-23(18-37-13-15-42-16-14-37)19-38-20-27(25-10-6-12-29(32(25)38)43-21-22-7-2-1-3-8-22)31-30(33(40)36-34(31)41)26-17-35-28-11-5-4-9-24(26)28/h1-12,17,20,23,35,39H,13-16,18-19,21H2,(H,36,40,41). The molecule has 2 amide bonds. The number of rotatable bonds is 9. The number of aromatic amines is 1. The van der Waals surface area contributed by atoms with Crippen LogP contribution in [0, 0.1) is 0 Å². The molecule has 0 aliphatic carbocycles. The number of aliphatic hydroxyl groups excluding tert-OH is 1. The lowest BCUT2D eigenvalue weighted by Gasteiger charge is -2.28. The first-order valence-electron chi connectivity index (χ1n) is 14.5. The zero-order valence-electron chi connectivity index (χ0n) is 23.6. The van der Waals surface area contributed by atoms with E-state index in [0.717, 1.165) is 40.5 Å². The summed E-state index contributed by atoms with van der Waals surface area (Å²) >= 11 is 0. The lowest BCUT2D eigenvalue weighted by molar-refractivity contribution is -0.122. The minimum absolute atomic E-state index is 0.283. The highest BCUT2D eigenvalue weighted by molar-refractivity contribution is 6.50. The highest BCUT2D eigenvalue weighted by Crippen LogP contribution is 2.40. The summed E-state index contributed by atoms with van der Waals surface area (Å²) in [4.78, 5) is 32.2. The fourth-order valence-corrected chi connectivity index (χ4v) is 6.13. The van der Waals surface area contributed by atoms with Crippen molar-refractivity contribution < 1.29 is 24.2 Å². The van der Waals surface area contributed by atoms with E-state index in [1.54, 1.807) is 6.20 Å². The molecule has 9 nitrogen and oxygen atoms in total. The maximum Gasteiger partial charge on any atom is 0.259 e. The molecule has 1 fully saturated rings. The van der Waals surface area contributed by atoms with Crippen LogP contribution in [0.5, 0.6) is 5.75 Å². The minimum Gasteiger partial charge on any atom is -0.487 e. The molecule has 2 aliphatic rings. The number of nitrogens with zero attached hydrogens (tertiary/aromatic N) is 2. The predicted molar refractivity (Wildman–Crippen MR) is 164 cm³/mol. The van der Waals surface area contributed by atoms with Gasteiger partial charge in [-0.15, -0.1) is 0 Å². The fraction of sp³-hybridized carbons (Fsp3) is 0.235. The predicted octanol–water partition coefficient (Wildman–Crippen LogP) is 3.96. The van der Waals surface area contributed by atoms with Gasteiger partial charge in [0, 0.05) is 66.0 Å². The number of nitrogens with one attached hydrogen (secondary N) is 2. The quantitative estimate of drug-likeness (QED) is 0.229. The number of hydrogen-bond acceptors (Lipinski definition) is 6. The first-order chi connectivity index (χ1) is 21.1. The molecule has 3 aromatic carbocycles. The molecule has 3 N–H and O–H groups in total. The van der Waals surface area contributed by atoms with Gasteiger partial charge >= 0.3 is 0 Å². The Balaban J connectivity index is 1.35. The van der Waals surface area contributed by atoms with Crippen LogP contribution in [0.3, 0.4) is 0 Å². The number of ether oxygens (including phenoxy) is 2. The average molecular weight is 577 g/mol. The Labute approximate surface area is 248 Å². The van der Waals surface area contributed by atoms with Gasteiger partial charge in [-0.3, -0.25) is 19.8 Å². The molecule has 0 bridgehead atoms. The second-order valence-corrected chi connectivity index (χ2v) is 11.0. The van der Waals surface area contributed by atoms with Crippen LogP contribution in [0.1, 0.15) is 16.7 Å². The molecule has 2 aromatic heterocycles. The normalized spacial score (nSPS) is 16.8. The van der Waals surface area contributed by atoms with Crippen LogP contribution in [0.2, 0.25) is 0 Å². The number of hydrogen-bond donors (Lipinski definition) is 3. The van der Waals surface area contributed by atoms with Gasteiger partial charge in [-0.1, -0.05) is 60.7 Å². The van der Waals surface area contributed by atoms with Crippen molar-refractivity contribution in [3.63, 3.8) is 0 Å². The highest BCUT2D eigenvalue weighted by Gasteiger charge is 2.35. The van der Waals surface area contributed by atoms with E-state index >= 15 is 0 Å². The van der Waals surface area contributed by atoms with Crippen LogP contribution in [0.4, 0.5) is 0 Å². The van der Waals surface area contributed by atoms with E-state index in [-0.39, 0.29) is 6.54 Å². The van der Waals surface area contributed by atoms with Crippen molar-refractivity contribution in [2.24, 2.45) is 0 Å². The molecule has 43 heavy (non-hydrogen) atoms. The summed E-state index contributed by atoms with van der Waals surface area (Å²) in [6.07, 6.45) is 2.97. The lowest BCUT2D eigenvalue weighted by Crippen LogP contribution is -2.41. The second kappa shape index (κ2) is 11.5. The monoisotopic (exact) mass is 576 g/mol. The number of amides is 2. The van der Waals surface area contributed by atoms with Crippen molar-refractivity contribution >= 4 is 44.8 Å². The van der Waals surface area contributed by atoms with Gasteiger partial charge in [0.1, 0.15) is 12.4 Å². The number of aliphatic hydroxyl groups is 1. The number of H-pyrrole nitrogens is 1. The maximum absolute atomic E-state index is 13.5. The molecule has 4 heterocycles. The van der Waals surface area contributed by atoms with Crippen molar-refractivity contribution in [2.45, 2.75) is 19.3 Å². The third kappa shape index (κ3) is 5.23. The number of carbonyl (C=O) groups excluding carboxylic acids is 2. The van der Waals surface area contributed by atoms with Crippen LogP contribution >= 0.6 is 0 Å². The molecule has 0 saturated carbocycles. The van der Waals surface area contributed by atoms with E-state index in [2.05, 4.69) is 15.2 Å². The Hall–Kier alpha value is -4.70. The van der Waals surface area contributed by atoms with Gasteiger partial charge < -0.3 is 24.1 Å². The van der Waals surface area contributed by atoms with Gasteiger partial charge in [-0.25, -0.2) is 0 Å². The largest absolute Gasteiger partial charge is 0.487 e. The smallest absolute Gasteiger partial charge is 0.259 e. The van der Waals surface area contributed by atoms with E-state index in [0.29, 0.717) is 54.4 Å². The molecule has 0 radical (unpaired) electrons. The molecule has 5 aromatic rings. The Kier molecular flexibility index (Phi) is 7.28. The van der Waals surface area contributed by atoms with Crippen molar-refractivity contribution in [3.8, 4) is 5.75 Å². The number of fused-ring (bicyclic) bond motifs is 2. The summed E-state index contributed by atoms with van der Waals surface area (Å²) in [5, 5.41) is 15.4. The molecule has 2 aliphatic heterocycles. The number of morpholine rings is 1. The van der Waals surface area contributed by atoms with Gasteiger partial charge in [0.05, 0.1) is 36.0 Å². The maximum atomic E-state index is 13.5. The van der Waals surface area contributed by atoms with E-state index in [1.165, 1.54) is 0 Å². The zero-order chi connectivity index (χ0) is 29.3. The second-order valence-electron chi connectivity index (χ2n) is 11.0. The average Bonchev–Trinajstić information content (AvgIpc) is 3.69. The van der Waals surface area contributed by atoms with Crippen molar-refractivity contribution in [1.82, 2.24) is 19.8 Å². The molecule has 7 rings (SSSR count). The zero-order valence-corrected chi connectivity index (χ0v) is 23.6. The van der Waals surface area contributed by atoms with Crippen LogP contribution in [-0.4, -0.2) is 70.3 Å². The third-order valence-corrected chi connectivity index (χ3v) is 8.14. The van der Waals surface area contributed by atoms with E-state index in [9.17, 15) is 14.7 Å². The summed E-state index contributed by atoms with van der Waals surface area (Å²) in [5.74, 6) is -0.256. The summed E-state index contributed by atoms with van der Waals surface area (Å²) in [6.45, 7) is 3.97. The molecule has 9 heteroatoms. The van der Waals surface area contributed by atoms with Gasteiger partial charge in [-0.2, -0.15) is 0 Å². The fourth-order valence-electron chi connectivity index (χ4n) is 6.13. The molecule has 0 spiro atoms. The summed E-state index contributed by atoms with van der Waals surface area (Å²) in [7, 11) is 0. The Bertz CT molecular complexity index is 1850. The highest BCUT2D eigenvalue weighted by atomic mass is 16.5. The van der Waals surface area contributed by atoms with Crippen LogP contribution in [0.25, 0.3) is 33.0 Å².